The lowest BCUT2D eigenvalue weighted by molar-refractivity contribution is -0.143. The molecule has 1 unspecified atom stereocenters. The SMILES string of the molecule is CCOC(=O)CC/C=C/COCC1(F)CN[C@@H](C(=O)O)C1. The van der Waals surface area contributed by atoms with E-state index in [4.69, 9.17) is 14.6 Å². The zero-order chi connectivity index (χ0) is 15.7. The van der Waals surface area contributed by atoms with Crippen molar-refractivity contribution in [2.45, 2.75) is 37.9 Å². The van der Waals surface area contributed by atoms with Gasteiger partial charge in [-0.15, -0.1) is 0 Å². The Morgan fingerprint density at radius 2 is 2.24 bits per heavy atom. The first-order chi connectivity index (χ1) is 9.97. The first-order valence-corrected chi connectivity index (χ1v) is 7.00. The molecule has 0 radical (unpaired) electrons. The van der Waals surface area contributed by atoms with Gasteiger partial charge in [0.05, 0.1) is 19.8 Å². The number of allylic oxidation sites excluding steroid dienone is 1. The van der Waals surface area contributed by atoms with Crippen molar-refractivity contribution in [2.75, 3.05) is 26.4 Å². The molecule has 1 saturated heterocycles. The maximum absolute atomic E-state index is 14.2. The predicted molar refractivity (Wildman–Crippen MR) is 73.7 cm³/mol. The third-order valence-electron chi connectivity index (χ3n) is 3.10. The number of carbonyl (C=O) groups is 2. The Balaban J connectivity index is 2.11. The van der Waals surface area contributed by atoms with Crippen molar-refractivity contribution in [2.24, 2.45) is 0 Å². The minimum Gasteiger partial charge on any atom is -0.480 e. The van der Waals surface area contributed by atoms with E-state index in [1.54, 1.807) is 19.1 Å². The van der Waals surface area contributed by atoms with Gasteiger partial charge in [0.2, 0.25) is 0 Å². The van der Waals surface area contributed by atoms with Crippen LogP contribution in [0.15, 0.2) is 12.2 Å². The highest BCUT2D eigenvalue weighted by molar-refractivity contribution is 5.74. The summed E-state index contributed by atoms with van der Waals surface area (Å²) < 4.78 is 24.1. The van der Waals surface area contributed by atoms with Crippen LogP contribution >= 0.6 is 0 Å². The van der Waals surface area contributed by atoms with E-state index < -0.39 is 17.7 Å². The lowest BCUT2D eigenvalue weighted by Gasteiger charge is -2.17. The molecule has 21 heavy (non-hydrogen) atoms. The van der Waals surface area contributed by atoms with Gasteiger partial charge >= 0.3 is 11.9 Å². The summed E-state index contributed by atoms with van der Waals surface area (Å²) in [4.78, 5) is 21.8. The number of hydrogen-bond donors (Lipinski definition) is 2. The van der Waals surface area contributed by atoms with Crippen molar-refractivity contribution in [1.29, 1.82) is 0 Å². The van der Waals surface area contributed by atoms with Crippen LogP contribution in [0.3, 0.4) is 0 Å². The zero-order valence-corrected chi connectivity index (χ0v) is 12.1. The van der Waals surface area contributed by atoms with E-state index in [1.165, 1.54) is 0 Å². The largest absolute Gasteiger partial charge is 0.480 e. The average molecular weight is 303 g/mol. The van der Waals surface area contributed by atoms with Gasteiger partial charge in [-0.3, -0.25) is 9.59 Å². The van der Waals surface area contributed by atoms with Crippen LogP contribution in [0.25, 0.3) is 0 Å². The molecule has 120 valence electrons. The minimum atomic E-state index is -1.64. The average Bonchev–Trinajstić information content (AvgIpc) is 2.81. The number of hydrogen-bond acceptors (Lipinski definition) is 5. The van der Waals surface area contributed by atoms with E-state index in [1.807, 2.05) is 0 Å². The predicted octanol–water partition coefficient (Wildman–Crippen LogP) is 1.06. The Labute approximate surface area is 123 Å². The molecule has 6 nitrogen and oxygen atoms in total. The van der Waals surface area contributed by atoms with E-state index in [0.29, 0.717) is 19.4 Å². The molecule has 1 aliphatic heterocycles. The lowest BCUT2D eigenvalue weighted by atomic mass is 10.0. The van der Waals surface area contributed by atoms with Crippen molar-refractivity contribution < 1.29 is 28.6 Å². The second kappa shape index (κ2) is 8.74. The van der Waals surface area contributed by atoms with E-state index in [0.717, 1.165) is 0 Å². The highest BCUT2D eigenvalue weighted by Gasteiger charge is 2.42. The fourth-order valence-electron chi connectivity index (χ4n) is 2.03. The molecule has 7 heteroatoms. The van der Waals surface area contributed by atoms with Gasteiger partial charge in [-0.05, 0) is 13.3 Å². The second-order valence-electron chi connectivity index (χ2n) is 4.96. The van der Waals surface area contributed by atoms with Crippen LogP contribution in [0.4, 0.5) is 4.39 Å². The summed E-state index contributed by atoms with van der Waals surface area (Å²) in [6.45, 7) is 2.19. The number of carboxylic acids is 1. The number of carboxylic acid groups (broad SMARTS) is 1. The highest BCUT2D eigenvalue weighted by atomic mass is 19.1. The van der Waals surface area contributed by atoms with Crippen LogP contribution < -0.4 is 5.32 Å². The molecule has 0 spiro atoms. The summed E-state index contributed by atoms with van der Waals surface area (Å²) in [5.41, 5.74) is -1.64. The number of alkyl halides is 1. The Morgan fingerprint density at radius 1 is 1.48 bits per heavy atom. The van der Waals surface area contributed by atoms with Gasteiger partial charge in [-0.1, -0.05) is 12.2 Å². The summed E-state index contributed by atoms with van der Waals surface area (Å²) in [6, 6.07) is -0.848. The number of halogens is 1. The minimum absolute atomic E-state index is 0.0173. The molecule has 0 bridgehead atoms. The lowest BCUT2D eigenvalue weighted by Crippen LogP contribution is -2.31. The number of ether oxygens (including phenoxy) is 2. The van der Waals surface area contributed by atoms with Crippen molar-refractivity contribution in [3.8, 4) is 0 Å². The van der Waals surface area contributed by atoms with Gasteiger partial charge in [-0.2, -0.15) is 0 Å². The summed E-state index contributed by atoms with van der Waals surface area (Å²) >= 11 is 0. The zero-order valence-electron chi connectivity index (χ0n) is 12.1. The van der Waals surface area contributed by atoms with Gasteiger partial charge < -0.3 is 19.9 Å². The van der Waals surface area contributed by atoms with Gasteiger partial charge in [0.1, 0.15) is 11.7 Å². The second-order valence-corrected chi connectivity index (χ2v) is 4.96. The highest BCUT2D eigenvalue weighted by Crippen LogP contribution is 2.24. The molecule has 0 aromatic heterocycles. The maximum atomic E-state index is 14.2. The Kier molecular flexibility index (Phi) is 7.31. The van der Waals surface area contributed by atoms with E-state index >= 15 is 0 Å². The van der Waals surface area contributed by atoms with Crippen LogP contribution in [0.2, 0.25) is 0 Å². The molecule has 1 heterocycles. The molecule has 1 rings (SSSR count). The van der Waals surface area contributed by atoms with Crippen molar-refractivity contribution in [3.05, 3.63) is 12.2 Å². The first-order valence-electron chi connectivity index (χ1n) is 7.00. The van der Waals surface area contributed by atoms with Crippen molar-refractivity contribution >= 4 is 11.9 Å². The third kappa shape index (κ3) is 6.68. The maximum Gasteiger partial charge on any atom is 0.320 e. The van der Waals surface area contributed by atoms with Gasteiger partial charge in [0.15, 0.2) is 0 Å². The molecule has 1 fully saturated rings. The monoisotopic (exact) mass is 303 g/mol. The molecule has 0 aromatic rings. The van der Waals surface area contributed by atoms with E-state index in [9.17, 15) is 14.0 Å². The molecule has 2 N–H and O–H groups in total. The smallest absolute Gasteiger partial charge is 0.320 e. The molecule has 0 aliphatic carbocycles. The van der Waals surface area contributed by atoms with Crippen LogP contribution in [-0.2, 0) is 19.1 Å². The van der Waals surface area contributed by atoms with Crippen LogP contribution in [0.1, 0.15) is 26.2 Å². The molecular weight excluding hydrogens is 281 g/mol. The topological polar surface area (TPSA) is 84.9 Å². The Morgan fingerprint density at radius 3 is 2.86 bits per heavy atom. The molecule has 0 amide bonds. The standard InChI is InChI=1S/C14H22FNO5/c1-2-21-12(17)6-4-3-5-7-20-10-14(15)8-11(13(18)19)16-9-14/h3,5,11,16H,2,4,6-10H2,1H3,(H,18,19)/b5-3+/t11-,14?/m1/s1. The number of rotatable bonds is 9. The van der Waals surface area contributed by atoms with Crippen molar-refractivity contribution in [1.82, 2.24) is 5.32 Å². The van der Waals surface area contributed by atoms with E-state index in [2.05, 4.69) is 5.32 Å². The summed E-state index contributed by atoms with van der Waals surface area (Å²) in [6.07, 6.45) is 4.25. The van der Waals surface area contributed by atoms with Crippen LogP contribution in [0, 0.1) is 0 Å². The first kappa shape index (κ1) is 17.6. The number of aliphatic carboxylic acids is 1. The summed E-state index contributed by atoms with van der Waals surface area (Å²) in [5, 5.41) is 11.4. The molecule has 0 aromatic carbocycles. The fourth-order valence-corrected chi connectivity index (χ4v) is 2.03. The summed E-state index contributed by atoms with van der Waals surface area (Å²) in [5.74, 6) is -1.30. The van der Waals surface area contributed by atoms with Gasteiger partial charge in [-0.25, -0.2) is 4.39 Å². The van der Waals surface area contributed by atoms with Gasteiger partial charge in [0, 0.05) is 19.4 Å². The summed E-state index contributed by atoms with van der Waals surface area (Å²) in [7, 11) is 0. The fraction of sp³-hybridized carbons (Fsp3) is 0.714. The van der Waals surface area contributed by atoms with Crippen LogP contribution in [0.5, 0.6) is 0 Å². The van der Waals surface area contributed by atoms with E-state index in [-0.39, 0.29) is 32.1 Å². The number of esters is 1. The normalized spacial score (nSPS) is 25.3. The number of carbonyl (C=O) groups excluding carboxylic acids is 1. The van der Waals surface area contributed by atoms with Gasteiger partial charge in [0.25, 0.3) is 0 Å². The Bertz CT molecular complexity index is 388. The van der Waals surface area contributed by atoms with Crippen LogP contribution in [-0.4, -0.2) is 55.1 Å². The molecule has 2 atom stereocenters. The van der Waals surface area contributed by atoms with Crippen molar-refractivity contribution in [3.63, 3.8) is 0 Å². The quantitative estimate of drug-likeness (QED) is 0.376. The third-order valence-corrected chi connectivity index (χ3v) is 3.10. The number of nitrogens with one attached hydrogen (secondary N) is 1. The molecule has 0 saturated carbocycles. The molecular formula is C14H22FNO5. The molecule has 1 aliphatic rings. The Hall–Kier alpha value is -1.47.